The summed E-state index contributed by atoms with van der Waals surface area (Å²) in [6.07, 6.45) is 3.73. The van der Waals surface area contributed by atoms with Gasteiger partial charge in [0.1, 0.15) is 0 Å². The van der Waals surface area contributed by atoms with Crippen LogP contribution in [-0.4, -0.2) is 26.4 Å². The zero-order valence-electron chi connectivity index (χ0n) is 11.8. The molecule has 1 aliphatic carbocycles. The van der Waals surface area contributed by atoms with E-state index < -0.39 is 5.97 Å². The molecule has 3 rings (SSSR count). The highest BCUT2D eigenvalue weighted by molar-refractivity contribution is 7.99. The molecule has 0 aliphatic heterocycles. The normalized spacial score (nSPS) is 16.3. The monoisotopic (exact) mass is 324 g/mol. The molecule has 112 valence electrons. The van der Waals surface area contributed by atoms with Gasteiger partial charge >= 0.3 is 5.97 Å². The molecule has 1 aromatic carbocycles. The smallest absolute Gasteiger partial charge is 0.313 e. The van der Waals surface area contributed by atoms with Crippen LogP contribution in [0.2, 0.25) is 5.02 Å². The second kappa shape index (κ2) is 5.89. The van der Waals surface area contributed by atoms with E-state index in [1.807, 2.05) is 18.2 Å². The first-order valence-electron chi connectivity index (χ1n) is 7.06. The van der Waals surface area contributed by atoms with Crippen molar-refractivity contribution >= 4 is 40.4 Å². The van der Waals surface area contributed by atoms with E-state index in [1.165, 1.54) is 24.6 Å². The van der Waals surface area contributed by atoms with E-state index in [9.17, 15) is 4.79 Å². The van der Waals surface area contributed by atoms with Crippen LogP contribution >= 0.6 is 23.4 Å². The van der Waals surface area contributed by atoms with Crippen molar-refractivity contribution in [3.05, 3.63) is 23.2 Å². The van der Waals surface area contributed by atoms with Crippen molar-refractivity contribution < 1.29 is 9.90 Å². The quantitative estimate of drug-likeness (QED) is 0.808. The van der Waals surface area contributed by atoms with Crippen LogP contribution in [0.3, 0.4) is 0 Å². The predicted octanol–water partition coefficient (Wildman–Crippen LogP) is 4.23. The van der Waals surface area contributed by atoms with E-state index in [4.69, 9.17) is 16.7 Å². The van der Waals surface area contributed by atoms with Crippen molar-refractivity contribution in [1.29, 1.82) is 0 Å². The number of nitrogens with zero attached hydrogens (tertiary/aromatic N) is 2. The molecule has 1 unspecified atom stereocenters. The summed E-state index contributed by atoms with van der Waals surface area (Å²) in [6, 6.07) is 5.98. The van der Waals surface area contributed by atoms with Gasteiger partial charge in [-0.05, 0) is 37.5 Å². The first kappa shape index (κ1) is 14.7. The van der Waals surface area contributed by atoms with Crippen LogP contribution in [0.1, 0.15) is 32.2 Å². The molecule has 1 aromatic heterocycles. The van der Waals surface area contributed by atoms with Gasteiger partial charge in [-0.25, -0.2) is 4.98 Å². The van der Waals surface area contributed by atoms with Crippen molar-refractivity contribution in [2.75, 3.05) is 5.75 Å². The molecule has 0 saturated heterocycles. The van der Waals surface area contributed by atoms with Crippen molar-refractivity contribution in [2.24, 2.45) is 5.92 Å². The van der Waals surface area contributed by atoms with Crippen LogP contribution in [0, 0.1) is 5.92 Å². The number of fused-ring (bicyclic) bond motifs is 1. The van der Waals surface area contributed by atoms with Crippen LogP contribution in [0.4, 0.5) is 0 Å². The summed E-state index contributed by atoms with van der Waals surface area (Å²) < 4.78 is 2.16. The molecule has 0 amide bonds. The van der Waals surface area contributed by atoms with Gasteiger partial charge in [-0.3, -0.25) is 4.79 Å². The highest BCUT2D eigenvalue weighted by Gasteiger charge is 2.26. The van der Waals surface area contributed by atoms with E-state index in [1.54, 1.807) is 0 Å². The maximum atomic E-state index is 10.8. The minimum Gasteiger partial charge on any atom is -0.481 e. The molecule has 0 radical (unpaired) electrons. The Bertz CT molecular complexity index is 682. The molecule has 21 heavy (non-hydrogen) atoms. The number of benzene rings is 1. The first-order valence-corrected chi connectivity index (χ1v) is 8.43. The summed E-state index contributed by atoms with van der Waals surface area (Å²) in [6.45, 7) is 2.18. The van der Waals surface area contributed by atoms with Gasteiger partial charge in [0.05, 0.1) is 16.8 Å². The molecule has 6 heteroatoms. The molecule has 1 saturated carbocycles. The van der Waals surface area contributed by atoms with Gasteiger partial charge < -0.3 is 9.67 Å². The van der Waals surface area contributed by atoms with E-state index in [-0.39, 0.29) is 5.75 Å². The Morgan fingerprint density at radius 1 is 1.57 bits per heavy atom. The SMILES string of the molecule is CC(CC1CC1)n1c(SCC(=O)O)nc2cc(Cl)ccc21. The minimum absolute atomic E-state index is 0.0210. The fourth-order valence-electron chi connectivity index (χ4n) is 2.65. The van der Waals surface area contributed by atoms with Gasteiger partial charge in [0.25, 0.3) is 0 Å². The first-order chi connectivity index (χ1) is 10.0. The van der Waals surface area contributed by atoms with E-state index in [2.05, 4.69) is 16.5 Å². The number of halogens is 1. The number of hydrogen-bond donors (Lipinski definition) is 1. The number of hydrogen-bond acceptors (Lipinski definition) is 3. The lowest BCUT2D eigenvalue weighted by atomic mass is 10.1. The highest BCUT2D eigenvalue weighted by Crippen LogP contribution is 2.39. The summed E-state index contributed by atoms with van der Waals surface area (Å²) >= 11 is 7.30. The lowest BCUT2D eigenvalue weighted by molar-refractivity contribution is -0.133. The summed E-state index contributed by atoms with van der Waals surface area (Å²) in [4.78, 5) is 15.4. The predicted molar refractivity (Wildman–Crippen MR) is 85.2 cm³/mol. The summed E-state index contributed by atoms with van der Waals surface area (Å²) in [5.41, 5.74) is 1.86. The maximum Gasteiger partial charge on any atom is 0.313 e. The van der Waals surface area contributed by atoms with Gasteiger partial charge in [0.2, 0.25) is 0 Å². The third-order valence-corrected chi connectivity index (χ3v) is 4.93. The average molecular weight is 325 g/mol. The van der Waals surface area contributed by atoms with Crippen molar-refractivity contribution in [2.45, 2.75) is 37.4 Å². The zero-order valence-corrected chi connectivity index (χ0v) is 13.3. The maximum absolute atomic E-state index is 10.8. The minimum atomic E-state index is -0.827. The fourth-order valence-corrected chi connectivity index (χ4v) is 3.64. The number of thioether (sulfide) groups is 1. The highest BCUT2D eigenvalue weighted by atomic mass is 35.5. The second-order valence-corrected chi connectivity index (χ2v) is 6.99. The molecular weight excluding hydrogens is 308 g/mol. The summed E-state index contributed by atoms with van der Waals surface area (Å²) in [5.74, 6) is 0.00118. The van der Waals surface area contributed by atoms with E-state index >= 15 is 0 Å². The zero-order chi connectivity index (χ0) is 15.0. The van der Waals surface area contributed by atoms with Gasteiger partial charge in [0.15, 0.2) is 5.16 Å². The number of carboxylic acid groups (broad SMARTS) is 1. The Morgan fingerprint density at radius 2 is 2.33 bits per heavy atom. The van der Waals surface area contributed by atoms with Crippen LogP contribution in [0.5, 0.6) is 0 Å². The Kier molecular flexibility index (Phi) is 4.13. The largest absolute Gasteiger partial charge is 0.481 e. The number of carbonyl (C=O) groups is 1. The number of rotatable bonds is 6. The standard InChI is InChI=1S/C15H17ClN2O2S/c1-9(6-10-2-3-10)18-13-5-4-11(16)7-12(13)17-15(18)21-8-14(19)20/h4-5,7,9-10H,2-3,6,8H2,1H3,(H,19,20). The summed E-state index contributed by atoms with van der Waals surface area (Å²) in [5, 5.41) is 10.3. The molecule has 0 bridgehead atoms. The molecule has 1 N–H and O–H groups in total. The molecule has 1 atom stereocenters. The lowest BCUT2D eigenvalue weighted by Gasteiger charge is -2.16. The molecule has 4 nitrogen and oxygen atoms in total. The second-order valence-electron chi connectivity index (χ2n) is 5.61. The number of aliphatic carboxylic acids is 1. The molecule has 0 spiro atoms. The van der Waals surface area contributed by atoms with Gasteiger partial charge in [-0.15, -0.1) is 0 Å². The Balaban J connectivity index is 1.98. The Morgan fingerprint density at radius 3 is 3.00 bits per heavy atom. The number of aromatic nitrogens is 2. The van der Waals surface area contributed by atoms with E-state index in [0.717, 1.165) is 28.5 Å². The van der Waals surface area contributed by atoms with Crippen LogP contribution in [0.25, 0.3) is 11.0 Å². The van der Waals surface area contributed by atoms with Gasteiger partial charge in [-0.2, -0.15) is 0 Å². The fraction of sp³-hybridized carbons (Fsp3) is 0.467. The average Bonchev–Trinajstić information content (AvgIpc) is 3.15. The van der Waals surface area contributed by atoms with Crippen molar-refractivity contribution in [3.63, 3.8) is 0 Å². The third-order valence-electron chi connectivity index (χ3n) is 3.76. The van der Waals surface area contributed by atoms with Gasteiger partial charge in [-0.1, -0.05) is 36.2 Å². The molecule has 1 heterocycles. The third kappa shape index (κ3) is 3.35. The van der Waals surface area contributed by atoms with Crippen molar-refractivity contribution in [1.82, 2.24) is 9.55 Å². The molecule has 1 aliphatic rings. The van der Waals surface area contributed by atoms with Crippen molar-refractivity contribution in [3.8, 4) is 0 Å². The lowest BCUT2D eigenvalue weighted by Crippen LogP contribution is -2.08. The molecular formula is C15H17ClN2O2S. The van der Waals surface area contributed by atoms with Gasteiger partial charge in [0, 0.05) is 11.1 Å². The van der Waals surface area contributed by atoms with E-state index in [0.29, 0.717) is 11.1 Å². The topological polar surface area (TPSA) is 55.1 Å². The summed E-state index contributed by atoms with van der Waals surface area (Å²) in [7, 11) is 0. The van der Waals surface area contributed by atoms with Crippen LogP contribution in [-0.2, 0) is 4.79 Å². The Hall–Kier alpha value is -1.20. The van der Waals surface area contributed by atoms with Crippen LogP contribution in [0.15, 0.2) is 23.4 Å². The number of imidazole rings is 1. The number of carboxylic acids is 1. The Labute approximate surface area is 132 Å². The molecule has 1 fully saturated rings. The van der Waals surface area contributed by atoms with Crippen LogP contribution < -0.4 is 0 Å². The molecule has 2 aromatic rings.